The van der Waals surface area contributed by atoms with Gasteiger partial charge in [-0.3, -0.25) is 9.80 Å². The number of benzene rings is 2. The molecule has 0 saturated carbocycles. The fourth-order valence-corrected chi connectivity index (χ4v) is 7.55. The maximum absolute atomic E-state index is 12.8. The fraction of sp³-hybridized carbons (Fsp3) is 0.556. The van der Waals surface area contributed by atoms with E-state index in [1.165, 1.54) is 23.3 Å². The average molecular weight is 575 g/mol. The Labute approximate surface area is 253 Å². The summed E-state index contributed by atoms with van der Waals surface area (Å²) in [6, 6.07) is 20.9. The normalized spacial score (nSPS) is 22.6. The molecule has 0 atom stereocenters. The minimum atomic E-state index is -0.501. The number of rotatable bonds is 8. The van der Waals surface area contributed by atoms with Gasteiger partial charge in [0.05, 0.1) is 0 Å². The molecule has 4 rings (SSSR count). The predicted octanol–water partition coefficient (Wildman–Crippen LogP) is 7.07. The maximum atomic E-state index is 12.8. The minimum absolute atomic E-state index is 0.167. The highest BCUT2D eigenvalue weighted by molar-refractivity contribution is 5.91. The Morgan fingerprint density at radius 3 is 1.17 bits per heavy atom. The molecule has 228 valence electrons. The van der Waals surface area contributed by atoms with Crippen molar-refractivity contribution in [2.24, 2.45) is 0 Å². The molecule has 0 aliphatic carbocycles. The standard InChI is InChI=1S/C36H50N2O4/c1-33(2)21-29(22-34(3,4)37(33)25-27-15-11-9-12-16-27)41-31(39)19-20-32(40)42-30-23-35(5,6)38(36(7,8)24-30)26-28-17-13-10-14-18-28/h9-20,29-30H,21-26H2,1-8H3/b20-19+. The lowest BCUT2D eigenvalue weighted by atomic mass is 9.77. The summed E-state index contributed by atoms with van der Waals surface area (Å²) in [5, 5.41) is 0. The molecule has 42 heavy (non-hydrogen) atoms. The largest absolute Gasteiger partial charge is 0.459 e. The molecule has 6 nitrogen and oxygen atoms in total. The molecule has 0 radical (unpaired) electrons. The van der Waals surface area contributed by atoms with Crippen molar-refractivity contribution in [1.29, 1.82) is 0 Å². The van der Waals surface area contributed by atoms with Crippen molar-refractivity contribution < 1.29 is 19.1 Å². The minimum Gasteiger partial charge on any atom is -0.459 e. The van der Waals surface area contributed by atoms with Gasteiger partial charge in [0.25, 0.3) is 0 Å². The van der Waals surface area contributed by atoms with Gasteiger partial charge in [-0.2, -0.15) is 0 Å². The second-order valence-corrected chi connectivity index (χ2v) is 14.7. The molecule has 0 aromatic heterocycles. The third-order valence-electron chi connectivity index (χ3n) is 9.12. The summed E-state index contributed by atoms with van der Waals surface area (Å²) in [5.41, 5.74) is 1.87. The van der Waals surface area contributed by atoms with Crippen LogP contribution in [0.4, 0.5) is 0 Å². The van der Waals surface area contributed by atoms with Gasteiger partial charge in [-0.1, -0.05) is 60.7 Å². The smallest absolute Gasteiger partial charge is 0.331 e. The third kappa shape index (κ3) is 7.90. The van der Waals surface area contributed by atoms with Crippen molar-refractivity contribution >= 4 is 11.9 Å². The first-order valence-electron chi connectivity index (χ1n) is 15.3. The summed E-state index contributed by atoms with van der Waals surface area (Å²) >= 11 is 0. The topological polar surface area (TPSA) is 59.1 Å². The van der Waals surface area contributed by atoms with Gasteiger partial charge in [-0.15, -0.1) is 0 Å². The van der Waals surface area contributed by atoms with E-state index in [1.54, 1.807) is 0 Å². The molecule has 0 spiro atoms. The van der Waals surface area contributed by atoms with Crippen molar-refractivity contribution in [2.45, 2.75) is 129 Å². The number of esters is 2. The molecule has 2 fully saturated rings. The number of hydrogen-bond acceptors (Lipinski definition) is 6. The second kappa shape index (κ2) is 12.3. The van der Waals surface area contributed by atoms with Crippen LogP contribution in [0.15, 0.2) is 72.8 Å². The Morgan fingerprint density at radius 2 is 0.881 bits per heavy atom. The Balaban J connectivity index is 1.31. The summed E-state index contributed by atoms with van der Waals surface area (Å²) in [6.07, 6.45) is 4.87. The molecule has 2 aromatic rings. The van der Waals surface area contributed by atoms with E-state index in [0.29, 0.717) is 0 Å². The summed E-state index contributed by atoms with van der Waals surface area (Å²) in [7, 11) is 0. The number of carbonyl (C=O) groups excluding carboxylic acids is 2. The Kier molecular flexibility index (Phi) is 9.39. The molecular formula is C36H50N2O4. The van der Waals surface area contributed by atoms with Crippen molar-refractivity contribution in [3.05, 3.63) is 83.9 Å². The SMILES string of the molecule is CC1(C)CC(OC(=O)/C=C/C(=O)OC2CC(C)(C)N(Cc3ccccc3)C(C)(C)C2)CC(C)(C)N1Cc1ccccc1. The number of carbonyl (C=O) groups is 2. The molecular weight excluding hydrogens is 524 g/mol. The van der Waals surface area contributed by atoms with Gasteiger partial charge in [0, 0.05) is 73.1 Å². The fourth-order valence-electron chi connectivity index (χ4n) is 7.55. The zero-order valence-electron chi connectivity index (χ0n) is 26.9. The van der Waals surface area contributed by atoms with Gasteiger partial charge >= 0.3 is 11.9 Å². The van der Waals surface area contributed by atoms with E-state index in [2.05, 4.69) is 114 Å². The summed E-state index contributed by atoms with van der Waals surface area (Å²) in [4.78, 5) is 30.6. The third-order valence-corrected chi connectivity index (χ3v) is 9.12. The first kappa shape index (κ1) is 32.0. The van der Waals surface area contributed by atoms with Crippen LogP contribution < -0.4 is 0 Å². The number of hydrogen-bond donors (Lipinski definition) is 0. The molecule has 6 heteroatoms. The number of likely N-dealkylation sites (tertiary alicyclic amines) is 2. The lowest BCUT2D eigenvalue weighted by Crippen LogP contribution is -2.61. The van der Waals surface area contributed by atoms with Crippen LogP contribution >= 0.6 is 0 Å². The van der Waals surface area contributed by atoms with Gasteiger partial charge in [0.2, 0.25) is 0 Å². The lowest BCUT2D eigenvalue weighted by molar-refractivity contribution is -0.158. The molecule has 2 saturated heterocycles. The highest BCUT2D eigenvalue weighted by Crippen LogP contribution is 2.42. The summed E-state index contributed by atoms with van der Waals surface area (Å²) in [6.45, 7) is 19.3. The van der Waals surface area contributed by atoms with Gasteiger partial charge in [0.15, 0.2) is 0 Å². The van der Waals surface area contributed by atoms with Crippen LogP contribution in [0, 0.1) is 0 Å². The van der Waals surface area contributed by atoms with Crippen LogP contribution in [0.1, 0.15) is 92.2 Å². The molecule has 2 aliphatic rings. The Morgan fingerprint density at radius 1 is 0.595 bits per heavy atom. The number of piperidine rings is 2. The van der Waals surface area contributed by atoms with Crippen molar-refractivity contribution in [3.8, 4) is 0 Å². The van der Waals surface area contributed by atoms with Crippen LogP contribution in [-0.2, 0) is 32.2 Å². The van der Waals surface area contributed by atoms with E-state index in [-0.39, 0.29) is 34.4 Å². The zero-order chi connectivity index (χ0) is 30.8. The lowest BCUT2D eigenvalue weighted by Gasteiger charge is -2.55. The Bertz CT molecular complexity index is 1120. The van der Waals surface area contributed by atoms with Crippen molar-refractivity contribution in [2.75, 3.05) is 0 Å². The molecule has 0 unspecified atom stereocenters. The first-order valence-corrected chi connectivity index (χ1v) is 15.3. The number of ether oxygens (including phenoxy) is 2. The van der Waals surface area contributed by atoms with Gasteiger partial charge in [-0.25, -0.2) is 9.59 Å². The summed E-state index contributed by atoms with van der Waals surface area (Å²) < 4.78 is 11.7. The number of nitrogens with zero attached hydrogens (tertiary/aromatic N) is 2. The van der Waals surface area contributed by atoms with Gasteiger partial charge in [-0.05, 0) is 66.5 Å². The van der Waals surface area contributed by atoms with Gasteiger partial charge in [0.1, 0.15) is 12.2 Å². The highest BCUT2D eigenvalue weighted by Gasteiger charge is 2.47. The van der Waals surface area contributed by atoms with Gasteiger partial charge < -0.3 is 9.47 Å². The first-order chi connectivity index (χ1) is 19.6. The van der Waals surface area contributed by atoms with Crippen LogP contribution in [0.2, 0.25) is 0 Å². The van der Waals surface area contributed by atoms with Crippen molar-refractivity contribution in [3.63, 3.8) is 0 Å². The molecule has 0 N–H and O–H groups in total. The molecule has 0 bridgehead atoms. The van der Waals surface area contributed by atoms with E-state index >= 15 is 0 Å². The van der Waals surface area contributed by atoms with Crippen LogP contribution in [0.5, 0.6) is 0 Å². The van der Waals surface area contributed by atoms with E-state index < -0.39 is 11.9 Å². The second-order valence-electron chi connectivity index (χ2n) is 14.7. The molecule has 2 aromatic carbocycles. The van der Waals surface area contributed by atoms with Crippen LogP contribution in [-0.4, -0.2) is 56.1 Å². The average Bonchev–Trinajstić information content (AvgIpc) is 2.87. The predicted molar refractivity (Wildman–Crippen MR) is 168 cm³/mol. The zero-order valence-corrected chi connectivity index (χ0v) is 26.9. The quantitative estimate of drug-likeness (QED) is 0.248. The highest BCUT2D eigenvalue weighted by atomic mass is 16.5. The van der Waals surface area contributed by atoms with Crippen molar-refractivity contribution in [1.82, 2.24) is 9.80 Å². The van der Waals surface area contributed by atoms with Crippen LogP contribution in [0.3, 0.4) is 0 Å². The Hall–Kier alpha value is -2.96. The summed E-state index contributed by atoms with van der Waals surface area (Å²) in [5.74, 6) is -1.00. The maximum Gasteiger partial charge on any atom is 0.331 e. The van der Waals surface area contributed by atoms with E-state index in [9.17, 15) is 9.59 Å². The van der Waals surface area contributed by atoms with E-state index in [0.717, 1.165) is 38.8 Å². The van der Waals surface area contributed by atoms with Crippen LogP contribution in [0.25, 0.3) is 0 Å². The van der Waals surface area contributed by atoms with E-state index in [1.807, 2.05) is 12.1 Å². The monoisotopic (exact) mass is 574 g/mol. The molecule has 2 aliphatic heterocycles. The molecule has 2 heterocycles. The molecule has 0 amide bonds. The van der Waals surface area contributed by atoms with E-state index in [4.69, 9.17) is 9.47 Å².